The van der Waals surface area contributed by atoms with E-state index >= 15 is 0 Å². The van der Waals surface area contributed by atoms with Gasteiger partial charge in [-0.2, -0.15) is 0 Å². The highest BCUT2D eigenvalue weighted by Crippen LogP contribution is 2.40. The third-order valence-electron chi connectivity index (χ3n) is 3.83. The van der Waals surface area contributed by atoms with Crippen LogP contribution in [0.4, 0.5) is 0 Å². The van der Waals surface area contributed by atoms with E-state index in [-0.39, 0.29) is 5.41 Å². The summed E-state index contributed by atoms with van der Waals surface area (Å²) < 4.78 is 0. The molecule has 0 fully saturated rings. The Bertz CT molecular complexity index is 395. The standard InChI is InChI=1S/C15H24O/c1-10-8-12(3)13(9-11(10)2)15(7,16)14(4,5)6/h8-9,16H,1-7H3. The van der Waals surface area contributed by atoms with Gasteiger partial charge in [-0.1, -0.05) is 32.9 Å². The van der Waals surface area contributed by atoms with E-state index in [0.29, 0.717) is 0 Å². The molecule has 0 aliphatic carbocycles. The number of rotatable bonds is 1. The fraction of sp³-hybridized carbons (Fsp3) is 0.600. The summed E-state index contributed by atoms with van der Waals surface area (Å²) in [6, 6.07) is 4.28. The molecule has 0 bridgehead atoms. The Hall–Kier alpha value is -0.820. The van der Waals surface area contributed by atoms with Crippen LogP contribution < -0.4 is 0 Å². The van der Waals surface area contributed by atoms with Crippen molar-refractivity contribution in [1.29, 1.82) is 0 Å². The van der Waals surface area contributed by atoms with Crippen LogP contribution in [-0.4, -0.2) is 5.11 Å². The lowest BCUT2D eigenvalue weighted by Crippen LogP contribution is -2.37. The maximum Gasteiger partial charge on any atom is 0.0919 e. The maximum atomic E-state index is 10.7. The van der Waals surface area contributed by atoms with Crippen molar-refractivity contribution in [3.8, 4) is 0 Å². The van der Waals surface area contributed by atoms with Gasteiger partial charge in [-0.05, 0) is 55.4 Å². The van der Waals surface area contributed by atoms with Gasteiger partial charge in [0.15, 0.2) is 0 Å². The zero-order valence-corrected chi connectivity index (χ0v) is 11.6. The molecule has 1 heteroatoms. The Morgan fingerprint density at radius 2 is 1.25 bits per heavy atom. The monoisotopic (exact) mass is 220 g/mol. The van der Waals surface area contributed by atoms with Gasteiger partial charge in [0.2, 0.25) is 0 Å². The molecule has 0 aliphatic heterocycles. The lowest BCUT2D eigenvalue weighted by atomic mass is 9.72. The van der Waals surface area contributed by atoms with Crippen LogP contribution in [0.25, 0.3) is 0 Å². The molecule has 0 aliphatic rings. The zero-order valence-electron chi connectivity index (χ0n) is 11.6. The highest BCUT2D eigenvalue weighted by molar-refractivity contribution is 5.40. The summed E-state index contributed by atoms with van der Waals surface area (Å²) in [5, 5.41) is 10.7. The van der Waals surface area contributed by atoms with Crippen LogP contribution in [-0.2, 0) is 5.60 Å². The molecule has 0 heterocycles. The van der Waals surface area contributed by atoms with Crippen LogP contribution in [0.5, 0.6) is 0 Å². The minimum absolute atomic E-state index is 0.167. The Balaban J connectivity index is 3.39. The van der Waals surface area contributed by atoms with Crippen molar-refractivity contribution in [2.24, 2.45) is 5.41 Å². The van der Waals surface area contributed by atoms with Crippen molar-refractivity contribution >= 4 is 0 Å². The first-order chi connectivity index (χ1) is 7.07. The number of aryl methyl sites for hydroxylation is 3. The molecule has 1 atom stereocenters. The molecular formula is C15H24O. The Morgan fingerprint density at radius 1 is 0.812 bits per heavy atom. The molecule has 90 valence electrons. The van der Waals surface area contributed by atoms with E-state index in [1.807, 2.05) is 6.92 Å². The molecule has 0 aromatic heterocycles. The predicted octanol–water partition coefficient (Wildman–Crippen LogP) is 3.87. The van der Waals surface area contributed by atoms with Gasteiger partial charge in [0.05, 0.1) is 5.60 Å². The molecule has 0 spiro atoms. The zero-order chi connectivity index (χ0) is 12.7. The van der Waals surface area contributed by atoms with E-state index in [4.69, 9.17) is 0 Å². The van der Waals surface area contributed by atoms with E-state index in [9.17, 15) is 5.11 Å². The predicted molar refractivity (Wildman–Crippen MR) is 69.7 cm³/mol. The van der Waals surface area contributed by atoms with Crippen LogP contribution in [0.3, 0.4) is 0 Å². The molecule has 0 radical (unpaired) electrons. The molecule has 1 aromatic carbocycles. The molecule has 0 saturated heterocycles. The summed E-state index contributed by atoms with van der Waals surface area (Å²) in [5.41, 5.74) is 3.77. The van der Waals surface area contributed by atoms with Gasteiger partial charge in [-0.3, -0.25) is 0 Å². The molecule has 1 rings (SSSR count). The second kappa shape index (κ2) is 3.89. The third-order valence-corrected chi connectivity index (χ3v) is 3.83. The van der Waals surface area contributed by atoms with Crippen LogP contribution >= 0.6 is 0 Å². The molecule has 1 nitrogen and oxygen atoms in total. The van der Waals surface area contributed by atoms with Crippen LogP contribution in [0.2, 0.25) is 0 Å². The molecule has 16 heavy (non-hydrogen) atoms. The van der Waals surface area contributed by atoms with Crippen LogP contribution in [0.1, 0.15) is 49.9 Å². The van der Waals surface area contributed by atoms with E-state index < -0.39 is 5.60 Å². The van der Waals surface area contributed by atoms with Gasteiger partial charge in [0.1, 0.15) is 0 Å². The minimum atomic E-state index is -0.796. The molecule has 1 unspecified atom stereocenters. The summed E-state index contributed by atoms with van der Waals surface area (Å²) in [4.78, 5) is 0. The van der Waals surface area contributed by atoms with Crippen molar-refractivity contribution in [2.75, 3.05) is 0 Å². The fourth-order valence-electron chi connectivity index (χ4n) is 1.89. The average molecular weight is 220 g/mol. The van der Waals surface area contributed by atoms with Crippen LogP contribution in [0, 0.1) is 26.2 Å². The van der Waals surface area contributed by atoms with E-state index in [2.05, 4.69) is 53.7 Å². The van der Waals surface area contributed by atoms with Gasteiger partial charge in [-0.15, -0.1) is 0 Å². The Kier molecular flexibility index (Phi) is 3.22. The first kappa shape index (κ1) is 13.2. The highest BCUT2D eigenvalue weighted by atomic mass is 16.3. The SMILES string of the molecule is Cc1cc(C)c(C(C)(O)C(C)(C)C)cc1C. The van der Waals surface area contributed by atoms with Gasteiger partial charge in [0, 0.05) is 0 Å². The number of hydrogen-bond donors (Lipinski definition) is 1. The van der Waals surface area contributed by atoms with Gasteiger partial charge in [-0.25, -0.2) is 0 Å². The largest absolute Gasteiger partial charge is 0.385 e. The highest BCUT2D eigenvalue weighted by Gasteiger charge is 2.37. The van der Waals surface area contributed by atoms with E-state index in [1.165, 1.54) is 16.7 Å². The molecule has 0 saturated carbocycles. The quantitative estimate of drug-likeness (QED) is 0.762. The smallest absolute Gasteiger partial charge is 0.0919 e. The number of benzene rings is 1. The van der Waals surface area contributed by atoms with E-state index in [0.717, 1.165) is 5.56 Å². The lowest BCUT2D eigenvalue weighted by molar-refractivity contribution is -0.0475. The fourth-order valence-corrected chi connectivity index (χ4v) is 1.89. The maximum absolute atomic E-state index is 10.7. The van der Waals surface area contributed by atoms with Crippen molar-refractivity contribution in [3.05, 3.63) is 34.4 Å². The third kappa shape index (κ3) is 2.15. The van der Waals surface area contributed by atoms with Crippen molar-refractivity contribution in [3.63, 3.8) is 0 Å². The topological polar surface area (TPSA) is 20.2 Å². The first-order valence-electron chi connectivity index (χ1n) is 5.88. The van der Waals surface area contributed by atoms with Gasteiger partial charge >= 0.3 is 0 Å². The number of aliphatic hydroxyl groups is 1. The minimum Gasteiger partial charge on any atom is -0.385 e. The van der Waals surface area contributed by atoms with E-state index in [1.54, 1.807) is 0 Å². The molecule has 1 N–H and O–H groups in total. The summed E-state index contributed by atoms with van der Waals surface area (Å²) >= 11 is 0. The summed E-state index contributed by atoms with van der Waals surface area (Å²) in [6.45, 7) is 14.4. The lowest BCUT2D eigenvalue weighted by Gasteiger charge is -2.39. The van der Waals surface area contributed by atoms with Crippen molar-refractivity contribution < 1.29 is 5.11 Å². The molecule has 1 aromatic rings. The first-order valence-corrected chi connectivity index (χ1v) is 5.88. The Labute approximate surface area is 99.5 Å². The summed E-state index contributed by atoms with van der Waals surface area (Å²) in [6.07, 6.45) is 0. The van der Waals surface area contributed by atoms with Crippen LogP contribution in [0.15, 0.2) is 12.1 Å². The molecular weight excluding hydrogens is 196 g/mol. The Morgan fingerprint density at radius 3 is 1.69 bits per heavy atom. The van der Waals surface area contributed by atoms with Crippen molar-refractivity contribution in [1.82, 2.24) is 0 Å². The average Bonchev–Trinajstić information content (AvgIpc) is 2.09. The van der Waals surface area contributed by atoms with Gasteiger partial charge < -0.3 is 5.11 Å². The second-order valence-electron chi connectivity index (χ2n) is 6.07. The van der Waals surface area contributed by atoms with Crippen molar-refractivity contribution in [2.45, 2.75) is 54.1 Å². The second-order valence-corrected chi connectivity index (χ2v) is 6.07. The number of hydrogen-bond acceptors (Lipinski definition) is 1. The summed E-state index contributed by atoms with van der Waals surface area (Å²) in [7, 11) is 0. The van der Waals surface area contributed by atoms with Gasteiger partial charge in [0.25, 0.3) is 0 Å². The normalized spacial score (nSPS) is 16.0. The molecule has 0 amide bonds. The summed E-state index contributed by atoms with van der Waals surface area (Å²) in [5.74, 6) is 0.